The molecule has 14 heavy (non-hydrogen) atoms. The Labute approximate surface area is 92.5 Å². The number of hydrogen-bond donors (Lipinski definition) is 0. The van der Waals surface area contributed by atoms with E-state index in [1.807, 2.05) is 12.1 Å². The summed E-state index contributed by atoms with van der Waals surface area (Å²) in [6, 6.07) is 10.5. The first kappa shape index (κ1) is 9.53. The second-order valence-corrected chi connectivity index (χ2v) is 4.13. The number of aryl methyl sites for hydroxylation is 1. The van der Waals surface area contributed by atoms with E-state index in [4.69, 9.17) is 0 Å². The molecule has 1 nitrogen and oxygen atoms in total. The molecule has 0 aliphatic carbocycles. The summed E-state index contributed by atoms with van der Waals surface area (Å²) in [5.74, 6) is 0. The molecule has 0 amide bonds. The topological polar surface area (TPSA) is 4.93 Å². The second-order valence-electron chi connectivity index (χ2n) is 3.22. The van der Waals surface area contributed by atoms with Crippen LogP contribution >= 0.6 is 15.9 Å². The van der Waals surface area contributed by atoms with Crippen molar-refractivity contribution in [3.63, 3.8) is 0 Å². The highest BCUT2D eigenvalue weighted by Crippen LogP contribution is 2.20. The average molecular weight is 250 g/mol. The van der Waals surface area contributed by atoms with Gasteiger partial charge in [0.05, 0.1) is 0 Å². The standard InChI is InChI=1S/C12H12BrN/c1-2-10-9-11(13)5-6-12(10)14-7-3-4-8-14/h3-9H,2H2,1H3. The molecule has 0 aliphatic rings. The minimum Gasteiger partial charge on any atom is -0.324 e. The Balaban J connectivity index is 2.53. The lowest BCUT2D eigenvalue weighted by Crippen LogP contribution is -1.95. The summed E-state index contributed by atoms with van der Waals surface area (Å²) in [4.78, 5) is 0. The maximum absolute atomic E-state index is 3.49. The Morgan fingerprint density at radius 2 is 1.93 bits per heavy atom. The molecular weight excluding hydrogens is 238 g/mol. The van der Waals surface area contributed by atoms with Gasteiger partial charge in [0, 0.05) is 22.6 Å². The lowest BCUT2D eigenvalue weighted by atomic mass is 10.1. The van der Waals surface area contributed by atoms with Gasteiger partial charge < -0.3 is 4.57 Å². The van der Waals surface area contributed by atoms with Crippen molar-refractivity contribution in [1.29, 1.82) is 0 Å². The third-order valence-electron chi connectivity index (χ3n) is 2.31. The fourth-order valence-electron chi connectivity index (χ4n) is 1.58. The normalized spacial score (nSPS) is 10.4. The molecule has 0 aliphatic heterocycles. The fraction of sp³-hybridized carbons (Fsp3) is 0.167. The van der Waals surface area contributed by atoms with Crippen molar-refractivity contribution in [2.45, 2.75) is 13.3 Å². The highest BCUT2D eigenvalue weighted by Gasteiger charge is 2.02. The van der Waals surface area contributed by atoms with Crippen molar-refractivity contribution in [3.05, 3.63) is 52.8 Å². The average Bonchev–Trinajstić information content (AvgIpc) is 2.70. The van der Waals surface area contributed by atoms with Crippen LogP contribution in [0.5, 0.6) is 0 Å². The van der Waals surface area contributed by atoms with E-state index in [1.165, 1.54) is 11.3 Å². The number of halogens is 1. The largest absolute Gasteiger partial charge is 0.324 e. The smallest absolute Gasteiger partial charge is 0.0482 e. The Bertz CT molecular complexity index is 418. The van der Waals surface area contributed by atoms with E-state index in [2.05, 4.69) is 58.0 Å². The van der Waals surface area contributed by atoms with Crippen LogP contribution in [0.15, 0.2) is 47.2 Å². The van der Waals surface area contributed by atoms with Gasteiger partial charge in [0.25, 0.3) is 0 Å². The quantitative estimate of drug-likeness (QED) is 0.763. The van der Waals surface area contributed by atoms with E-state index in [0.29, 0.717) is 0 Å². The Hall–Kier alpha value is -1.02. The summed E-state index contributed by atoms with van der Waals surface area (Å²) >= 11 is 3.49. The van der Waals surface area contributed by atoms with Gasteiger partial charge in [0.1, 0.15) is 0 Å². The maximum Gasteiger partial charge on any atom is 0.0482 e. The van der Waals surface area contributed by atoms with Crippen LogP contribution < -0.4 is 0 Å². The Morgan fingerprint density at radius 1 is 1.21 bits per heavy atom. The number of aromatic nitrogens is 1. The van der Waals surface area contributed by atoms with Crippen molar-refractivity contribution < 1.29 is 0 Å². The van der Waals surface area contributed by atoms with Crippen LogP contribution in [0.25, 0.3) is 5.69 Å². The predicted molar refractivity (Wildman–Crippen MR) is 62.8 cm³/mol. The molecule has 0 atom stereocenters. The molecule has 0 bridgehead atoms. The van der Waals surface area contributed by atoms with E-state index in [1.54, 1.807) is 0 Å². The van der Waals surface area contributed by atoms with E-state index < -0.39 is 0 Å². The molecular formula is C12H12BrN. The predicted octanol–water partition coefficient (Wildman–Crippen LogP) is 3.80. The monoisotopic (exact) mass is 249 g/mol. The number of nitrogens with zero attached hydrogens (tertiary/aromatic N) is 1. The molecule has 1 aromatic heterocycles. The molecule has 2 aromatic rings. The highest BCUT2D eigenvalue weighted by molar-refractivity contribution is 9.10. The van der Waals surface area contributed by atoms with Crippen molar-refractivity contribution in [1.82, 2.24) is 4.57 Å². The third kappa shape index (κ3) is 1.75. The number of hydrogen-bond acceptors (Lipinski definition) is 0. The van der Waals surface area contributed by atoms with Crippen LogP contribution in [0.3, 0.4) is 0 Å². The molecule has 0 spiro atoms. The molecule has 2 rings (SSSR count). The van der Waals surface area contributed by atoms with E-state index in [0.717, 1.165) is 10.9 Å². The van der Waals surface area contributed by atoms with Crippen molar-refractivity contribution >= 4 is 15.9 Å². The van der Waals surface area contributed by atoms with E-state index >= 15 is 0 Å². The zero-order chi connectivity index (χ0) is 9.97. The Morgan fingerprint density at radius 3 is 2.57 bits per heavy atom. The molecule has 0 N–H and O–H groups in total. The van der Waals surface area contributed by atoms with Crippen LogP contribution in [0.2, 0.25) is 0 Å². The first-order valence-corrected chi connectivity index (χ1v) is 5.52. The lowest BCUT2D eigenvalue weighted by Gasteiger charge is -2.09. The fourth-order valence-corrected chi connectivity index (χ4v) is 1.99. The first-order valence-electron chi connectivity index (χ1n) is 4.73. The SMILES string of the molecule is CCc1cc(Br)ccc1-n1cccc1. The van der Waals surface area contributed by atoms with Crippen LogP contribution in [0.1, 0.15) is 12.5 Å². The van der Waals surface area contributed by atoms with Gasteiger partial charge in [-0.25, -0.2) is 0 Å². The summed E-state index contributed by atoms with van der Waals surface area (Å²) in [7, 11) is 0. The van der Waals surface area contributed by atoms with E-state index in [-0.39, 0.29) is 0 Å². The molecule has 0 saturated carbocycles. The molecule has 0 saturated heterocycles. The number of rotatable bonds is 2. The highest BCUT2D eigenvalue weighted by atomic mass is 79.9. The van der Waals surface area contributed by atoms with Gasteiger partial charge >= 0.3 is 0 Å². The molecule has 0 fully saturated rings. The van der Waals surface area contributed by atoms with Crippen LogP contribution in [-0.2, 0) is 6.42 Å². The number of benzene rings is 1. The summed E-state index contributed by atoms with van der Waals surface area (Å²) in [6.45, 7) is 2.18. The van der Waals surface area contributed by atoms with Gasteiger partial charge in [-0.2, -0.15) is 0 Å². The third-order valence-corrected chi connectivity index (χ3v) is 2.80. The molecule has 1 aromatic carbocycles. The minimum atomic E-state index is 1.05. The van der Waals surface area contributed by atoms with Gasteiger partial charge in [0.15, 0.2) is 0 Å². The van der Waals surface area contributed by atoms with Crippen LogP contribution in [-0.4, -0.2) is 4.57 Å². The zero-order valence-electron chi connectivity index (χ0n) is 8.07. The molecule has 2 heteroatoms. The van der Waals surface area contributed by atoms with Crippen LogP contribution in [0, 0.1) is 0 Å². The summed E-state index contributed by atoms with van der Waals surface area (Å²) in [6.07, 6.45) is 5.19. The van der Waals surface area contributed by atoms with Crippen LogP contribution in [0.4, 0.5) is 0 Å². The minimum absolute atomic E-state index is 1.05. The van der Waals surface area contributed by atoms with Gasteiger partial charge in [-0.15, -0.1) is 0 Å². The summed E-state index contributed by atoms with van der Waals surface area (Å²) in [5.41, 5.74) is 2.62. The molecule has 72 valence electrons. The van der Waals surface area contributed by atoms with Crippen molar-refractivity contribution in [2.75, 3.05) is 0 Å². The lowest BCUT2D eigenvalue weighted by molar-refractivity contribution is 1.01. The molecule has 1 heterocycles. The van der Waals surface area contributed by atoms with Gasteiger partial charge in [-0.1, -0.05) is 22.9 Å². The maximum atomic E-state index is 3.49. The van der Waals surface area contributed by atoms with Gasteiger partial charge in [-0.3, -0.25) is 0 Å². The second kappa shape index (κ2) is 4.01. The molecule has 0 unspecified atom stereocenters. The van der Waals surface area contributed by atoms with Crippen molar-refractivity contribution in [3.8, 4) is 5.69 Å². The Kier molecular flexibility index (Phi) is 2.73. The first-order chi connectivity index (χ1) is 6.81. The zero-order valence-corrected chi connectivity index (χ0v) is 9.66. The van der Waals surface area contributed by atoms with Gasteiger partial charge in [0.2, 0.25) is 0 Å². The van der Waals surface area contributed by atoms with Gasteiger partial charge in [-0.05, 0) is 42.3 Å². The van der Waals surface area contributed by atoms with E-state index in [9.17, 15) is 0 Å². The summed E-state index contributed by atoms with van der Waals surface area (Å²) < 4.78 is 3.29. The van der Waals surface area contributed by atoms with Crippen molar-refractivity contribution in [2.24, 2.45) is 0 Å². The summed E-state index contributed by atoms with van der Waals surface area (Å²) in [5, 5.41) is 0. The molecule has 0 radical (unpaired) electrons.